The van der Waals surface area contributed by atoms with Crippen LogP contribution in [0.2, 0.25) is 0 Å². The molecule has 0 bridgehead atoms. The summed E-state index contributed by atoms with van der Waals surface area (Å²) in [5.41, 5.74) is 1.11. The van der Waals surface area contributed by atoms with Crippen LogP contribution in [0.5, 0.6) is 5.75 Å². The van der Waals surface area contributed by atoms with Crippen LogP contribution in [-0.4, -0.2) is 32.1 Å². The minimum absolute atomic E-state index is 0.0435. The minimum atomic E-state index is 0.0435. The molecule has 0 radical (unpaired) electrons. The smallest absolute Gasteiger partial charge is 0.222 e. The second-order valence-electron chi connectivity index (χ2n) is 4.75. The summed E-state index contributed by atoms with van der Waals surface area (Å²) in [5, 5.41) is 2.94. The minimum Gasteiger partial charge on any atom is -0.490 e. The number of hydrogen-bond acceptors (Lipinski definition) is 3. The highest BCUT2D eigenvalue weighted by Crippen LogP contribution is 2.30. The molecule has 0 aromatic heterocycles. The van der Waals surface area contributed by atoms with E-state index in [-0.39, 0.29) is 11.8 Å². The van der Waals surface area contributed by atoms with Gasteiger partial charge in [-0.2, -0.15) is 0 Å². The van der Waals surface area contributed by atoms with Crippen molar-refractivity contribution in [2.24, 2.45) is 5.92 Å². The molecule has 1 aliphatic heterocycles. The van der Waals surface area contributed by atoms with Crippen LogP contribution in [0.1, 0.15) is 13.8 Å². The number of amides is 1. The van der Waals surface area contributed by atoms with Gasteiger partial charge in [0.25, 0.3) is 0 Å². The van der Waals surface area contributed by atoms with Crippen molar-refractivity contribution in [2.75, 3.05) is 31.1 Å². The number of carbonyl (C=O) groups excluding carboxylic acids is 1. The van der Waals surface area contributed by atoms with Gasteiger partial charge in [-0.15, -0.1) is 0 Å². The first-order valence-electron chi connectivity index (χ1n) is 6.43. The highest BCUT2D eigenvalue weighted by atomic mass is 16.5. The molecular weight excluding hydrogens is 228 g/mol. The van der Waals surface area contributed by atoms with Crippen LogP contribution in [0.25, 0.3) is 0 Å². The normalized spacial score (nSPS) is 14.1. The van der Waals surface area contributed by atoms with Crippen LogP contribution in [0.3, 0.4) is 0 Å². The van der Waals surface area contributed by atoms with Gasteiger partial charge < -0.3 is 15.0 Å². The van der Waals surface area contributed by atoms with E-state index in [2.05, 4.69) is 16.3 Å². The molecule has 4 nitrogen and oxygen atoms in total. The summed E-state index contributed by atoms with van der Waals surface area (Å²) in [6.45, 7) is 6.87. The van der Waals surface area contributed by atoms with E-state index in [4.69, 9.17) is 4.74 Å². The van der Waals surface area contributed by atoms with Crippen molar-refractivity contribution in [3.63, 3.8) is 0 Å². The first-order valence-corrected chi connectivity index (χ1v) is 6.43. The third kappa shape index (κ3) is 2.94. The van der Waals surface area contributed by atoms with Gasteiger partial charge in [0.2, 0.25) is 5.91 Å². The van der Waals surface area contributed by atoms with E-state index in [1.54, 1.807) is 0 Å². The van der Waals surface area contributed by atoms with E-state index in [0.717, 1.165) is 24.5 Å². The van der Waals surface area contributed by atoms with Gasteiger partial charge in [0.05, 0.1) is 12.2 Å². The molecule has 1 N–H and O–H groups in total. The number of ether oxygens (including phenoxy) is 1. The SMILES string of the molecule is CC(C)C(=O)NCCN1CCOc2ccccc21. The number of benzene rings is 1. The second kappa shape index (κ2) is 5.76. The van der Waals surface area contributed by atoms with Crippen LogP contribution in [0.15, 0.2) is 24.3 Å². The Hall–Kier alpha value is -1.71. The zero-order valence-corrected chi connectivity index (χ0v) is 11.0. The molecule has 0 atom stereocenters. The zero-order valence-electron chi connectivity index (χ0n) is 11.0. The van der Waals surface area contributed by atoms with Crippen molar-refractivity contribution in [1.82, 2.24) is 5.32 Å². The summed E-state index contributed by atoms with van der Waals surface area (Å²) in [6, 6.07) is 8.02. The lowest BCUT2D eigenvalue weighted by Gasteiger charge is -2.31. The van der Waals surface area contributed by atoms with Crippen LogP contribution in [-0.2, 0) is 4.79 Å². The standard InChI is InChI=1S/C14H20N2O2/c1-11(2)14(17)15-7-8-16-9-10-18-13-6-4-3-5-12(13)16/h3-6,11H,7-10H2,1-2H3,(H,15,17). The fourth-order valence-corrected chi connectivity index (χ4v) is 1.98. The molecular formula is C14H20N2O2. The van der Waals surface area contributed by atoms with Gasteiger partial charge in [-0.05, 0) is 12.1 Å². The number of carbonyl (C=O) groups is 1. The van der Waals surface area contributed by atoms with Gasteiger partial charge in [-0.1, -0.05) is 26.0 Å². The number of nitrogens with zero attached hydrogens (tertiary/aromatic N) is 1. The van der Waals surface area contributed by atoms with Gasteiger partial charge in [0, 0.05) is 19.0 Å². The Morgan fingerprint density at radius 3 is 3.00 bits per heavy atom. The quantitative estimate of drug-likeness (QED) is 0.881. The number of fused-ring (bicyclic) bond motifs is 1. The molecule has 1 aromatic carbocycles. The highest BCUT2D eigenvalue weighted by molar-refractivity contribution is 5.77. The third-order valence-corrected chi connectivity index (χ3v) is 3.03. The lowest BCUT2D eigenvalue weighted by Crippen LogP contribution is -2.40. The molecule has 1 amide bonds. The molecule has 1 aliphatic rings. The fraction of sp³-hybridized carbons (Fsp3) is 0.500. The molecule has 98 valence electrons. The van der Waals surface area contributed by atoms with Gasteiger partial charge >= 0.3 is 0 Å². The number of para-hydroxylation sites is 2. The molecule has 0 saturated heterocycles. The van der Waals surface area contributed by atoms with E-state index >= 15 is 0 Å². The number of hydrogen-bond donors (Lipinski definition) is 1. The molecule has 1 aromatic rings. The first kappa shape index (κ1) is 12.7. The van der Waals surface area contributed by atoms with Crippen molar-refractivity contribution in [2.45, 2.75) is 13.8 Å². The second-order valence-corrected chi connectivity index (χ2v) is 4.75. The lowest BCUT2D eigenvalue weighted by molar-refractivity contribution is -0.123. The summed E-state index contributed by atoms with van der Waals surface area (Å²) < 4.78 is 5.59. The average molecular weight is 248 g/mol. The Balaban J connectivity index is 1.90. The molecule has 2 rings (SSSR count). The molecule has 4 heteroatoms. The van der Waals surface area contributed by atoms with Crippen LogP contribution >= 0.6 is 0 Å². The fourth-order valence-electron chi connectivity index (χ4n) is 1.98. The predicted molar refractivity (Wildman–Crippen MR) is 72.0 cm³/mol. The maximum atomic E-state index is 11.5. The Morgan fingerprint density at radius 2 is 2.22 bits per heavy atom. The van der Waals surface area contributed by atoms with E-state index in [9.17, 15) is 4.79 Å². The Kier molecular flexibility index (Phi) is 4.07. The summed E-state index contributed by atoms with van der Waals surface area (Å²) >= 11 is 0. The molecule has 0 aliphatic carbocycles. The van der Waals surface area contributed by atoms with Crippen molar-refractivity contribution in [1.29, 1.82) is 0 Å². The summed E-state index contributed by atoms with van der Waals surface area (Å²) in [7, 11) is 0. The third-order valence-electron chi connectivity index (χ3n) is 3.03. The number of rotatable bonds is 4. The number of nitrogens with one attached hydrogen (secondary N) is 1. The van der Waals surface area contributed by atoms with Crippen molar-refractivity contribution in [3.8, 4) is 5.75 Å². The van der Waals surface area contributed by atoms with Crippen LogP contribution in [0, 0.1) is 5.92 Å². The molecule has 0 saturated carbocycles. The predicted octanol–water partition coefficient (Wildman–Crippen LogP) is 1.66. The van der Waals surface area contributed by atoms with Gasteiger partial charge in [0.15, 0.2) is 0 Å². The summed E-state index contributed by atoms with van der Waals surface area (Å²) in [4.78, 5) is 13.7. The summed E-state index contributed by atoms with van der Waals surface area (Å²) in [6.07, 6.45) is 0. The van der Waals surface area contributed by atoms with E-state index in [0.29, 0.717) is 13.2 Å². The Labute approximate surface area is 108 Å². The van der Waals surface area contributed by atoms with E-state index < -0.39 is 0 Å². The average Bonchev–Trinajstić information content (AvgIpc) is 2.38. The first-order chi connectivity index (χ1) is 8.68. The van der Waals surface area contributed by atoms with E-state index in [1.165, 1.54) is 0 Å². The van der Waals surface area contributed by atoms with Gasteiger partial charge in [-0.25, -0.2) is 0 Å². The molecule has 18 heavy (non-hydrogen) atoms. The zero-order chi connectivity index (χ0) is 13.0. The maximum absolute atomic E-state index is 11.5. The van der Waals surface area contributed by atoms with Gasteiger partial charge in [-0.3, -0.25) is 4.79 Å². The summed E-state index contributed by atoms with van der Waals surface area (Å²) in [5.74, 6) is 1.08. The van der Waals surface area contributed by atoms with Crippen molar-refractivity contribution in [3.05, 3.63) is 24.3 Å². The monoisotopic (exact) mass is 248 g/mol. The highest BCUT2D eigenvalue weighted by Gasteiger charge is 2.17. The van der Waals surface area contributed by atoms with Gasteiger partial charge in [0.1, 0.15) is 12.4 Å². The molecule has 0 fully saturated rings. The Bertz CT molecular complexity index is 418. The van der Waals surface area contributed by atoms with E-state index in [1.807, 2.05) is 32.0 Å². The molecule has 0 unspecified atom stereocenters. The maximum Gasteiger partial charge on any atom is 0.222 e. The largest absolute Gasteiger partial charge is 0.490 e. The van der Waals surface area contributed by atoms with Crippen LogP contribution in [0.4, 0.5) is 5.69 Å². The van der Waals surface area contributed by atoms with Crippen molar-refractivity contribution >= 4 is 11.6 Å². The Morgan fingerprint density at radius 1 is 1.44 bits per heavy atom. The lowest BCUT2D eigenvalue weighted by atomic mass is 10.2. The molecule has 0 spiro atoms. The molecule has 1 heterocycles. The number of anilines is 1. The topological polar surface area (TPSA) is 41.6 Å². The van der Waals surface area contributed by atoms with Crippen LogP contribution < -0.4 is 15.0 Å². The van der Waals surface area contributed by atoms with Crippen molar-refractivity contribution < 1.29 is 9.53 Å².